The van der Waals surface area contributed by atoms with Crippen molar-refractivity contribution in [3.63, 3.8) is 0 Å². The molecule has 1 atom stereocenters. The fourth-order valence-corrected chi connectivity index (χ4v) is 2.80. The van der Waals surface area contributed by atoms with Gasteiger partial charge in [-0.2, -0.15) is 0 Å². The average molecular weight is 235 g/mol. The molecule has 0 aliphatic heterocycles. The van der Waals surface area contributed by atoms with E-state index in [1.54, 1.807) is 6.26 Å². The van der Waals surface area contributed by atoms with Crippen molar-refractivity contribution in [2.45, 2.75) is 70.4 Å². The van der Waals surface area contributed by atoms with Crippen LogP contribution in [0.25, 0.3) is 0 Å². The molecule has 1 unspecified atom stereocenters. The Morgan fingerprint density at radius 3 is 2.53 bits per heavy atom. The summed E-state index contributed by atoms with van der Waals surface area (Å²) in [5, 5.41) is 3.78. The van der Waals surface area contributed by atoms with Gasteiger partial charge >= 0.3 is 0 Å². The normalized spacial score (nSPS) is 20.8. The molecule has 0 bridgehead atoms. The first-order chi connectivity index (χ1) is 8.40. The second-order valence-corrected chi connectivity index (χ2v) is 5.18. The molecular weight excluding hydrogens is 210 g/mol. The minimum Gasteiger partial charge on any atom is -0.468 e. The Kier molecular flexibility index (Phi) is 5.11. The van der Waals surface area contributed by atoms with E-state index in [0.717, 1.165) is 12.2 Å². The molecule has 0 aromatic carbocycles. The molecule has 0 radical (unpaired) electrons. The van der Waals surface area contributed by atoms with E-state index in [0.29, 0.717) is 12.1 Å². The fraction of sp³-hybridized carbons (Fsp3) is 0.733. The topological polar surface area (TPSA) is 25.2 Å². The number of rotatable bonds is 4. The zero-order valence-electron chi connectivity index (χ0n) is 11.0. The van der Waals surface area contributed by atoms with E-state index in [2.05, 4.69) is 18.3 Å². The maximum Gasteiger partial charge on any atom is 0.120 e. The van der Waals surface area contributed by atoms with Crippen LogP contribution in [0.15, 0.2) is 22.8 Å². The van der Waals surface area contributed by atoms with Gasteiger partial charge in [-0.3, -0.25) is 0 Å². The Hall–Kier alpha value is -0.760. The van der Waals surface area contributed by atoms with Crippen LogP contribution in [-0.2, 0) is 0 Å². The Labute approximate surface area is 105 Å². The molecule has 1 saturated carbocycles. The largest absolute Gasteiger partial charge is 0.468 e. The van der Waals surface area contributed by atoms with Crippen molar-refractivity contribution in [3.8, 4) is 0 Å². The maximum absolute atomic E-state index is 5.52. The average Bonchev–Trinajstić information content (AvgIpc) is 2.81. The minimum atomic E-state index is 0.398. The summed E-state index contributed by atoms with van der Waals surface area (Å²) in [6.45, 7) is 2.23. The predicted octanol–water partition coefficient (Wildman–Crippen LogP) is 4.43. The van der Waals surface area contributed by atoms with Crippen molar-refractivity contribution in [2.75, 3.05) is 0 Å². The number of hydrogen-bond donors (Lipinski definition) is 1. The van der Waals surface area contributed by atoms with Gasteiger partial charge in [0.15, 0.2) is 0 Å². The van der Waals surface area contributed by atoms with Gasteiger partial charge in [0.1, 0.15) is 5.76 Å². The van der Waals surface area contributed by atoms with E-state index in [1.807, 2.05) is 6.07 Å². The zero-order chi connectivity index (χ0) is 11.9. The molecule has 0 amide bonds. The van der Waals surface area contributed by atoms with Gasteiger partial charge in [0.25, 0.3) is 0 Å². The van der Waals surface area contributed by atoms with Crippen LogP contribution in [0.2, 0.25) is 0 Å². The lowest BCUT2D eigenvalue weighted by Gasteiger charge is -2.25. The Bertz CT molecular complexity index is 286. The fourth-order valence-electron chi connectivity index (χ4n) is 2.80. The third kappa shape index (κ3) is 3.88. The summed E-state index contributed by atoms with van der Waals surface area (Å²) in [4.78, 5) is 0. The first kappa shape index (κ1) is 12.7. The molecule has 0 saturated heterocycles. The lowest BCUT2D eigenvalue weighted by atomic mass is 9.95. The van der Waals surface area contributed by atoms with Gasteiger partial charge in [0, 0.05) is 6.04 Å². The standard InChI is InChI=1S/C15H25NO/c1-2-14(15-11-8-12-17-15)16-13-9-6-4-3-5-7-10-13/h8,11-14,16H,2-7,9-10H2,1H3. The SMILES string of the molecule is CCC(NC1CCCCCCC1)c1ccco1. The zero-order valence-corrected chi connectivity index (χ0v) is 11.0. The first-order valence-corrected chi connectivity index (χ1v) is 7.19. The predicted molar refractivity (Wildman–Crippen MR) is 71.0 cm³/mol. The smallest absolute Gasteiger partial charge is 0.120 e. The van der Waals surface area contributed by atoms with E-state index in [4.69, 9.17) is 4.42 Å². The minimum absolute atomic E-state index is 0.398. The van der Waals surface area contributed by atoms with E-state index >= 15 is 0 Å². The highest BCUT2D eigenvalue weighted by atomic mass is 16.3. The van der Waals surface area contributed by atoms with Crippen LogP contribution in [0.5, 0.6) is 0 Å². The van der Waals surface area contributed by atoms with Crippen LogP contribution in [0, 0.1) is 0 Å². The van der Waals surface area contributed by atoms with E-state index in [-0.39, 0.29) is 0 Å². The molecule has 1 fully saturated rings. The molecule has 17 heavy (non-hydrogen) atoms. The first-order valence-electron chi connectivity index (χ1n) is 7.19. The van der Waals surface area contributed by atoms with Crippen molar-refractivity contribution < 1.29 is 4.42 Å². The van der Waals surface area contributed by atoms with Crippen molar-refractivity contribution in [3.05, 3.63) is 24.2 Å². The van der Waals surface area contributed by atoms with Crippen molar-refractivity contribution in [2.24, 2.45) is 0 Å². The van der Waals surface area contributed by atoms with Crippen molar-refractivity contribution >= 4 is 0 Å². The maximum atomic E-state index is 5.52. The molecule has 1 aromatic heterocycles. The van der Waals surface area contributed by atoms with Gasteiger partial charge < -0.3 is 9.73 Å². The van der Waals surface area contributed by atoms with E-state index in [1.165, 1.54) is 44.9 Å². The molecule has 1 aliphatic rings. The summed E-state index contributed by atoms with van der Waals surface area (Å²) in [7, 11) is 0. The van der Waals surface area contributed by atoms with Gasteiger partial charge in [-0.15, -0.1) is 0 Å². The number of hydrogen-bond acceptors (Lipinski definition) is 2. The Morgan fingerprint density at radius 1 is 1.24 bits per heavy atom. The van der Waals surface area contributed by atoms with Crippen LogP contribution in [0.1, 0.15) is 70.1 Å². The van der Waals surface area contributed by atoms with Crippen LogP contribution in [-0.4, -0.2) is 6.04 Å². The molecule has 1 aliphatic carbocycles. The van der Waals surface area contributed by atoms with Gasteiger partial charge in [-0.1, -0.05) is 39.0 Å². The molecule has 2 nitrogen and oxygen atoms in total. The highest BCUT2D eigenvalue weighted by Crippen LogP contribution is 2.22. The molecule has 1 N–H and O–H groups in total. The Morgan fingerprint density at radius 2 is 1.94 bits per heavy atom. The summed E-state index contributed by atoms with van der Waals surface area (Å²) in [5.41, 5.74) is 0. The summed E-state index contributed by atoms with van der Waals surface area (Å²) in [6, 6.07) is 5.15. The highest BCUT2D eigenvalue weighted by molar-refractivity contribution is 5.04. The molecule has 2 rings (SSSR count). The molecule has 1 heterocycles. The van der Waals surface area contributed by atoms with Crippen LogP contribution >= 0.6 is 0 Å². The molecule has 96 valence electrons. The Balaban J connectivity index is 1.88. The summed E-state index contributed by atoms with van der Waals surface area (Å²) in [5.74, 6) is 1.09. The van der Waals surface area contributed by atoms with Gasteiger partial charge in [0.2, 0.25) is 0 Å². The van der Waals surface area contributed by atoms with Crippen LogP contribution in [0.3, 0.4) is 0 Å². The van der Waals surface area contributed by atoms with Gasteiger partial charge in [0.05, 0.1) is 12.3 Å². The molecule has 1 aromatic rings. The second kappa shape index (κ2) is 6.85. The lowest BCUT2D eigenvalue weighted by Crippen LogP contribution is -2.33. The van der Waals surface area contributed by atoms with Gasteiger partial charge in [-0.25, -0.2) is 0 Å². The van der Waals surface area contributed by atoms with Crippen LogP contribution < -0.4 is 5.32 Å². The second-order valence-electron chi connectivity index (χ2n) is 5.18. The monoisotopic (exact) mass is 235 g/mol. The summed E-state index contributed by atoms with van der Waals surface area (Å²) >= 11 is 0. The third-order valence-corrected chi connectivity index (χ3v) is 3.84. The van der Waals surface area contributed by atoms with Crippen LogP contribution in [0.4, 0.5) is 0 Å². The third-order valence-electron chi connectivity index (χ3n) is 3.84. The van der Waals surface area contributed by atoms with Crippen molar-refractivity contribution in [1.29, 1.82) is 0 Å². The molecule has 0 spiro atoms. The lowest BCUT2D eigenvalue weighted by molar-refractivity contribution is 0.320. The molecular formula is C15H25NO. The number of nitrogens with one attached hydrogen (secondary N) is 1. The van der Waals surface area contributed by atoms with E-state index < -0.39 is 0 Å². The quantitative estimate of drug-likeness (QED) is 0.835. The van der Waals surface area contributed by atoms with E-state index in [9.17, 15) is 0 Å². The number of furan rings is 1. The summed E-state index contributed by atoms with van der Waals surface area (Å²) < 4.78 is 5.52. The highest BCUT2D eigenvalue weighted by Gasteiger charge is 2.18. The molecule has 2 heteroatoms. The van der Waals surface area contributed by atoms with Gasteiger partial charge in [-0.05, 0) is 31.4 Å². The summed E-state index contributed by atoms with van der Waals surface area (Å²) in [6.07, 6.45) is 12.6. The van der Waals surface area contributed by atoms with Crippen molar-refractivity contribution in [1.82, 2.24) is 5.32 Å².